The molecule has 0 aliphatic rings. The molecule has 8 heteroatoms. The maximum Gasteiger partial charge on any atom is 0.466 e. The number of phosphoric acid groups is 1. The van der Waals surface area contributed by atoms with Gasteiger partial charge in [0.15, 0.2) is 0 Å². The first kappa shape index (κ1) is 18.9. The molecule has 0 bridgehead atoms. The Balaban J connectivity index is -0.000000150. The third-order valence-corrected chi connectivity index (χ3v) is 1.03. The van der Waals surface area contributed by atoms with Crippen LogP contribution in [0.2, 0.25) is 0 Å². The van der Waals surface area contributed by atoms with E-state index in [1.807, 2.05) is 6.92 Å². The van der Waals surface area contributed by atoms with Gasteiger partial charge in [-0.2, -0.15) is 0 Å². The number of carboxylic acid groups (broad SMARTS) is 1. The summed E-state index contributed by atoms with van der Waals surface area (Å²) in [4.78, 5) is 31.5. The summed E-state index contributed by atoms with van der Waals surface area (Å²) in [5.41, 5.74) is 0. The molecule has 0 fully saturated rings. The van der Waals surface area contributed by atoms with Gasteiger partial charge in [-0.1, -0.05) is 13.8 Å². The van der Waals surface area contributed by atoms with E-state index in [-0.39, 0.29) is 25.4 Å². The molecular weight excluding hydrogens is 252 g/mol. The van der Waals surface area contributed by atoms with E-state index in [1.54, 1.807) is 6.92 Å². The summed E-state index contributed by atoms with van der Waals surface area (Å²) in [7, 11) is -4.64. The molecule has 0 spiro atoms. The van der Waals surface area contributed by atoms with Crippen LogP contribution in [0.1, 0.15) is 20.3 Å². The third-order valence-electron chi connectivity index (χ3n) is 1.03. The Morgan fingerprint density at radius 2 is 1.62 bits per heavy atom. The van der Waals surface area contributed by atoms with Crippen LogP contribution in [0.25, 0.3) is 0 Å². The fraction of sp³-hybridized carbons (Fsp3) is 0.800. The predicted molar refractivity (Wildman–Crippen MR) is 41.4 cm³/mol. The minimum Gasteiger partial charge on any atom is -0.481 e. The van der Waals surface area contributed by atoms with E-state index in [0.717, 1.165) is 6.42 Å². The molecule has 1 unspecified atom stereocenters. The Kier molecular flexibility index (Phi) is 12.8. The first-order chi connectivity index (χ1) is 5.18. The maximum absolute atomic E-state index is 9.93. The second-order valence-electron chi connectivity index (χ2n) is 2.16. The van der Waals surface area contributed by atoms with Crippen molar-refractivity contribution < 1.29 is 48.6 Å². The van der Waals surface area contributed by atoms with E-state index >= 15 is 0 Å². The molecule has 76 valence electrons. The fourth-order valence-corrected chi connectivity index (χ4v) is 0.175. The minimum atomic E-state index is -4.64. The quantitative estimate of drug-likeness (QED) is 0.418. The molecule has 0 aliphatic heterocycles. The van der Waals surface area contributed by atoms with Gasteiger partial charge < -0.3 is 19.8 Å². The zero-order chi connectivity index (χ0) is 10.4. The molecule has 4 N–H and O–H groups in total. The molecule has 0 amide bonds. The van der Waals surface area contributed by atoms with Crippen molar-refractivity contribution in [1.82, 2.24) is 0 Å². The monoisotopic (exact) mass is 264 g/mol. The van der Waals surface area contributed by atoms with Crippen molar-refractivity contribution in [2.75, 3.05) is 0 Å². The van der Waals surface area contributed by atoms with Gasteiger partial charge in [-0.15, -0.1) is 0 Å². The average Bonchev–Trinajstić information content (AvgIpc) is 1.82. The van der Waals surface area contributed by atoms with Gasteiger partial charge in [-0.05, 0) is 6.42 Å². The summed E-state index contributed by atoms with van der Waals surface area (Å²) < 4.78 is 8.88. The van der Waals surface area contributed by atoms with Gasteiger partial charge in [0.1, 0.15) is 0 Å². The number of rotatable bonds is 2. The van der Waals surface area contributed by atoms with Crippen LogP contribution in [0.3, 0.4) is 0 Å². The van der Waals surface area contributed by atoms with Gasteiger partial charge in [0.2, 0.25) is 0 Å². The average molecular weight is 266 g/mol. The Morgan fingerprint density at radius 1 is 1.38 bits per heavy atom. The molecule has 0 radical (unpaired) electrons. The SMILES string of the molecule is CCC(C)C(=O)O.O=P(O)(O)O.[Zn]. The van der Waals surface area contributed by atoms with Gasteiger partial charge in [-0.3, -0.25) is 4.79 Å². The molecule has 0 aromatic carbocycles. The van der Waals surface area contributed by atoms with Gasteiger partial charge >= 0.3 is 13.8 Å². The van der Waals surface area contributed by atoms with E-state index < -0.39 is 13.8 Å². The first-order valence-corrected chi connectivity index (χ1v) is 4.76. The summed E-state index contributed by atoms with van der Waals surface area (Å²) in [5, 5.41) is 8.18. The smallest absolute Gasteiger partial charge is 0.466 e. The standard InChI is InChI=1S/C5H10O2.H3O4P.Zn/c1-3-4(2)5(6)7;1-5(2,3)4;/h4H,3H2,1-2H3,(H,6,7);(H3,1,2,3,4);. The number of hydrogen-bond donors (Lipinski definition) is 4. The summed E-state index contributed by atoms with van der Waals surface area (Å²) in [6.07, 6.45) is 0.718. The van der Waals surface area contributed by atoms with Crippen LogP contribution in [-0.2, 0) is 28.8 Å². The number of hydrogen-bond acceptors (Lipinski definition) is 2. The van der Waals surface area contributed by atoms with Crippen molar-refractivity contribution in [3.8, 4) is 0 Å². The molecule has 6 nitrogen and oxygen atoms in total. The second-order valence-corrected chi connectivity index (χ2v) is 3.19. The molecule has 0 aromatic heterocycles. The first-order valence-electron chi connectivity index (χ1n) is 3.19. The van der Waals surface area contributed by atoms with Crippen LogP contribution in [0.15, 0.2) is 0 Å². The van der Waals surface area contributed by atoms with E-state index in [0.29, 0.717) is 0 Å². The van der Waals surface area contributed by atoms with Crippen molar-refractivity contribution in [2.24, 2.45) is 5.92 Å². The Hall–Kier alpha value is 0.203. The second kappa shape index (κ2) is 8.79. The summed E-state index contributed by atoms with van der Waals surface area (Å²) >= 11 is 0. The molecule has 0 saturated carbocycles. The summed E-state index contributed by atoms with van der Waals surface area (Å²) in [6.45, 7) is 3.56. The van der Waals surface area contributed by atoms with Crippen molar-refractivity contribution >= 4 is 13.8 Å². The summed E-state index contributed by atoms with van der Waals surface area (Å²) in [5.74, 6) is -0.887. The molecule has 0 saturated heterocycles. The van der Waals surface area contributed by atoms with Crippen molar-refractivity contribution in [1.29, 1.82) is 0 Å². The zero-order valence-electron chi connectivity index (χ0n) is 7.54. The molecule has 0 aliphatic carbocycles. The van der Waals surface area contributed by atoms with Crippen LogP contribution in [0.4, 0.5) is 0 Å². The number of carboxylic acids is 1. The molecular formula is C5H13O6PZn. The Labute approximate surface area is 89.0 Å². The van der Waals surface area contributed by atoms with E-state index in [9.17, 15) is 4.79 Å². The van der Waals surface area contributed by atoms with Crippen LogP contribution < -0.4 is 0 Å². The topological polar surface area (TPSA) is 115 Å². The van der Waals surface area contributed by atoms with Crippen LogP contribution in [0.5, 0.6) is 0 Å². The predicted octanol–water partition coefficient (Wildman–Crippen LogP) is 0.186. The van der Waals surface area contributed by atoms with E-state index in [2.05, 4.69) is 0 Å². The van der Waals surface area contributed by atoms with E-state index in [4.69, 9.17) is 24.4 Å². The Bertz CT molecular complexity index is 170. The normalized spacial score (nSPS) is 11.8. The summed E-state index contributed by atoms with van der Waals surface area (Å²) in [6, 6.07) is 0. The van der Waals surface area contributed by atoms with Crippen molar-refractivity contribution in [3.63, 3.8) is 0 Å². The molecule has 0 rings (SSSR count). The van der Waals surface area contributed by atoms with Gasteiger partial charge in [-0.25, -0.2) is 4.57 Å². The van der Waals surface area contributed by atoms with E-state index in [1.165, 1.54) is 0 Å². The molecule has 1 atom stereocenters. The molecule has 0 heterocycles. The zero-order valence-corrected chi connectivity index (χ0v) is 11.4. The maximum atomic E-state index is 9.93. The van der Waals surface area contributed by atoms with Crippen LogP contribution in [-0.4, -0.2) is 25.8 Å². The van der Waals surface area contributed by atoms with Crippen LogP contribution >= 0.6 is 7.82 Å². The number of aliphatic carboxylic acids is 1. The van der Waals surface area contributed by atoms with Crippen molar-refractivity contribution in [2.45, 2.75) is 20.3 Å². The largest absolute Gasteiger partial charge is 0.481 e. The van der Waals surface area contributed by atoms with Gasteiger partial charge in [0.25, 0.3) is 0 Å². The Morgan fingerprint density at radius 3 is 1.62 bits per heavy atom. The third kappa shape index (κ3) is 33.0. The van der Waals surface area contributed by atoms with Crippen molar-refractivity contribution in [3.05, 3.63) is 0 Å². The molecule has 0 aromatic rings. The van der Waals surface area contributed by atoms with Gasteiger partial charge in [0.05, 0.1) is 5.92 Å². The number of carbonyl (C=O) groups is 1. The minimum absolute atomic E-state index is 0. The van der Waals surface area contributed by atoms with Gasteiger partial charge in [0, 0.05) is 19.5 Å². The van der Waals surface area contributed by atoms with Crippen LogP contribution in [0, 0.1) is 5.92 Å². The fourth-order valence-electron chi connectivity index (χ4n) is 0.175. The molecule has 13 heavy (non-hydrogen) atoms.